The second kappa shape index (κ2) is 6.69. The number of halogens is 2. The molecular formula is C17H17Cl2N3O3. The van der Waals surface area contributed by atoms with Crippen LogP contribution in [0, 0.1) is 5.41 Å². The van der Waals surface area contributed by atoms with E-state index in [-0.39, 0.29) is 18.1 Å². The van der Waals surface area contributed by atoms with E-state index in [0.717, 1.165) is 0 Å². The van der Waals surface area contributed by atoms with Crippen LogP contribution >= 0.6 is 23.2 Å². The van der Waals surface area contributed by atoms with Gasteiger partial charge in [-0.25, -0.2) is 4.68 Å². The van der Waals surface area contributed by atoms with Crippen LogP contribution in [-0.4, -0.2) is 44.8 Å². The summed E-state index contributed by atoms with van der Waals surface area (Å²) in [5.41, 5.74) is 0.0309. The lowest BCUT2D eigenvalue weighted by molar-refractivity contribution is -0.150. The second-order valence-corrected chi connectivity index (χ2v) is 7.25. The van der Waals surface area contributed by atoms with E-state index in [2.05, 4.69) is 5.10 Å². The molecule has 1 atom stereocenters. The summed E-state index contributed by atoms with van der Waals surface area (Å²) in [6.07, 6.45) is 2.87. The summed E-state index contributed by atoms with van der Waals surface area (Å²) in [6, 6.07) is 6.67. The van der Waals surface area contributed by atoms with Gasteiger partial charge in [0.1, 0.15) is 0 Å². The molecular weight excluding hydrogens is 365 g/mol. The molecule has 1 aromatic heterocycles. The van der Waals surface area contributed by atoms with Crippen LogP contribution in [0.3, 0.4) is 0 Å². The second-order valence-electron chi connectivity index (χ2n) is 6.44. The van der Waals surface area contributed by atoms with Gasteiger partial charge in [-0.05, 0) is 44.0 Å². The maximum Gasteiger partial charge on any atom is 0.311 e. The van der Waals surface area contributed by atoms with Gasteiger partial charge in [0.05, 0.1) is 21.1 Å². The fourth-order valence-corrected chi connectivity index (χ4v) is 3.25. The third-order valence-corrected chi connectivity index (χ3v) is 5.21. The Hall–Kier alpha value is -2.05. The zero-order valence-corrected chi connectivity index (χ0v) is 15.1. The highest BCUT2D eigenvalue weighted by Gasteiger charge is 2.39. The number of hydrogen-bond donors (Lipinski definition) is 1. The first kappa shape index (κ1) is 17.8. The maximum absolute atomic E-state index is 12.7. The standard InChI is InChI=1S/C17H17Cl2N3O3/c1-17(16(24)25)6-2-7-21(10-17)15(23)14-5-8-22(20-14)11-3-4-12(18)13(19)9-11/h3-5,8-9H,2,6-7,10H2,1H3,(H,24,25). The van der Waals surface area contributed by atoms with E-state index in [1.807, 2.05) is 0 Å². The third kappa shape index (κ3) is 3.50. The van der Waals surface area contributed by atoms with Crippen LogP contribution in [0.25, 0.3) is 5.69 Å². The minimum Gasteiger partial charge on any atom is -0.481 e. The molecule has 25 heavy (non-hydrogen) atoms. The minimum atomic E-state index is -0.916. The number of benzene rings is 1. The van der Waals surface area contributed by atoms with Gasteiger partial charge in [0.2, 0.25) is 0 Å². The lowest BCUT2D eigenvalue weighted by Crippen LogP contribution is -2.48. The highest BCUT2D eigenvalue weighted by molar-refractivity contribution is 6.42. The van der Waals surface area contributed by atoms with Gasteiger partial charge in [-0.1, -0.05) is 23.2 Å². The minimum absolute atomic E-state index is 0.181. The Labute approximate surface area is 154 Å². The molecule has 0 aliphatic carbocycles. The molecule has 0 spiro atoms. The zero-order valence-electron chi connectivity index (χ0n) is 13.6. The molecule has 2 heterocycles. The first-order valence-corrected chi connectivity index (χ1v) is 8.59. The number of aliphatic carboxylic acids is 1. The van der Waals surface area contributed by atoms with Crippen LogP contribution in [0.2, 0.25) is 10.0 Å². The number of aromatic nitrogens is 2. The van der Waals surface area contributed by atoms with E-state index in [1.165, 1.54) is 4.68 Å². The van der Waals surface area contributed by atoms with Crippen molar-refractivity contribution in [3.05, 3.63) is 46.2 Å². The average molecular weight is 382 g/mol. The quantitative estimate of drug-likeness (QED) is 0.882. The van der Waals surface area contributed by atoms with Crippen LogP contribution in [0.15, 0.2) is 30.5 Å². The highest BCUT2D eigenvalue weighted by atomic mass is 35.5. The predicted molar refractivity (Wildman–Crippen MR) is 94.5 cm³/mol. The van der Waals surface area contributed by atoms with Crippen molar-refractivity contribution in [3.63, 3.8) is 0 Å². The third-order valence-electron chi connectivity index (χ3n) is 4.48. The van der Waals surface area contributed by atoms with Gasteiger partial charge in [0, 0.05) is 19.3 Å². The number of amides is 1. The van der Waals surface area contributed by atoms with E-state index >= 15 is 0 Å². The molecule has 1 aromatic carbocycles. The SMILES string of the molecule is CC1(C(=O)O)CCCN(C(=O)c2ccn(-c3ccc(Cl)c(Cl)c3)n2)C1. The van der Waals surface area contributed by atoms with Crippen molar-refractivity contribution in [2.45, 2.75) is 19.8 Å². The van der Waals surface area contributed by atoms with Crippen molar-refractivity contribution in [2.75, 3.05) is 13.1 Å². The summed E-state index contributed by atoms with van der Waals surface area (Å²) in [5, 5.41) is 14.5. The number of hydrogen-bond acceptors (Lipinski definition) is 3. The van der Waals surface area contributed by atoms with E-state index in [1.54, 1.807) is 42.3 Å². The van der Waals surface area contributed by atoms with Crippen molar-refractivity contribution in [1.29, 1.82) is 0 Å². The maximum atomic E-state index is 12.7. The molecule has 3 rings (SSSR count). The molecule has 1 amide bonds. The normalized spacial score (nSPS) is 20.5. The average Bonchev–Trinajstić information content (AvgIpc) is 3.06. The van der Waals surface area contributed by atoms with Gasteiger partial charge in [-0.15, -0.1) is 0 Å². The van der Waals surface area contributed by atoms with Crippen LogP contribution < -0.4 is 0 Å². The lowest BCUT2D eigenvalue weighted by Gasteiger charge is -2.37. The van der Waals surface area contributed by atoms with Crippen molar-refractivity contribution in [3.8, 4) is 5.69 Å². The van der Waals surface area contributed by atoms with Gasteiger partial charge in [-0.3, -0.25) is 9.59 Å². The summed E-state index contributed by atoms with van der Waals surface area (Å²) in [5.74, 6) is -1.16. The number of carboxylic acids is 1. The predicted octanol–water partition coefficient (Wildman–Crippen LogP) is 3.51. The van der Waals surface area contributed by atoms with Gasteiger partial charge < -0.3 is 10.0 Å². The number of piperidine rings is 1. The summed E-state index contributed by atoms with van der Waals surface area (Å²) in [6.45, 7) is 2.38. The summed E-state index contributed by atoms with van der Waals surface area (Å²) < 4.78 is 1.54. The molecule has 1 aliphatic heterocycles. The molecule has 1 unspecified atom stereocenters. The number of rotatable bonds is 3. The number of carbonyl (C=O) groups excluding carboxylic acids is 1. The molecule has 2 aromatic rings. The molecule has 0 bridgehead atoms. The molecule has 6 nitrogen and oxygen atoms in total. The fourth-order valence-electron chi connectivity index (χ4n) is 2.96. The first-order chi connectivity index (χ1) is 11.8. The molecule has 8 heteroatoms. The van der Waals surface area contributed by atoms with Crippen LogP contribution in [-0.2, 0) is 4.79 Å². The number of carbonyl (C=O) groups is 2. The Morgan fingerprint density at radius 2 is 2.00 bits per heavy atom. The van der Waals surface area contributed by atoms with E-state index < -0.39 is 11.4 Å². The molecule has 0 saturated carbocycles. The first-order valence-electron chi connectivity index (χ1n) is 7.84. The van der Waals surface area contributed by atoms with Crippen LogP contribution in [0.1, 0.15) is 30.3 Å². The van der Waals surface area contributed by atoms with Crippen molar-refractivity contribution < 1.29 is 14.7 Å². The molecule has 1 fully saturated rings. The monoisotopic (exact) mass is 381 g/mol. The summed E-state index contributed by atoms with van der Waals surface area (Å²) >= 11 is 11.9. The highest BCUT2D eigenvalue weighted by Crippen LogP contribution is 2.30. The Kier molecular flexibility index (Phi) is 4.75. The summed E-state index contributed by atoms with van der Waals surface area (Å²) in [7, 11) is 0. The molecule has 1 aliphatic rings. The lowest BCUT2D eigenvalue weighted by atomic mass is 9.82. The van der Waals surface area contributed by atoms with Gasteiger partial charge in [0.25, 0.3) is 5.91 Å². The number of likely N-dealkylation sites (tertiary alicyclic amines) is 1. The Morgan fingerprint density at radius 3 is 2.68 bits per heavy atom. The Balaban J connectivity index is 1.81. The number of nitrogens with zero attached hydrogens (tertiary/aromatic N) is 3. The van der Waals surface area contributed by atoms with E-state index in [4.69, 9.17) is 23.2 Å². The van der Waals surface area contributed by atoms with Crippen molar-refractivity contribution in [1.82, 2.24) is 14.7 Å². The molecule has 1 N–H and O–H groups in total. The largest absolute Gasteiger partial charge is 0.481 e. The molecule has 0 radical (unpaired) electrons. The number of carboxylic acid groups (broad SMARTS) is 1. The Bertz CT molecular complexity index is 836. The topological polar surface area (TPSA) is 75.4 Å². The van der Waals surface area contributed by atoms with Crippen LogP contribution in [0.4, 0.5) is 0 Å². The summed E-state index contributed by atoms with van der Waals surface area (Å²) in [4.78, 5) is 25.7. The van der Waals surface area contributed by atoms with Crippen LogP contribution in [0.5, 0.6) is 0 Å². The van der Waals surface area contributed by atoms with E-state index in [0.29, 0.717) is 35.1 Å². The Morgan fingerprint density at radius 1 is 1.24 bits per heavy atom. The smallest absolute Gasteiger partial charge is 0.311 e. The van der Waals surface area contributed by atoms with Gasteiger partial charge in [-0.2, -0.15) is 5.10 Å². The van der Waals surface area contributed by atoms with Gasteiger partial charge >= 0.3 is 5.97 Å². The molecule has 132 valence electrons. The molecule has 1 saturated heterocycles. The zero-order chi connectivity index (χ0) is 18.2. The van der Waals surface area contributed by atoms with E-state index in [9.17, 15) is 14.7 Å². The fraction of sp³-hybridized carbons (Fsp3) is 0.353. The van der Waals surface area contributed by atoms with Gasteiger partial charge in [0.15, 0.2) is 5.69 Å². The van der Waals surface area contributed by atoms with Crippen molar-refractivity contribution >= 4 is 35.1 Å². The van der Waals surface area contributed by atoms with Crippen molar-refractivity contribution in [2.24, 2.45) is 5.41 Å².